The van der Waals surface area contributed by atoms with Crippen LogP contribution in [0.5, 0.6) is 0 Å². The number of halogens is 2. The van der Waals surface area contributed by atoms with E-state index in [1.165, 1.54) is 16.2 Å². The molecule has 1 fully saturated rings. The molecular formula is C21H29F2N7O3. The zero-order valence-corrected chi connectivity index (χ0v) is 19.7. The lowest BCUT2D eigenvalue weighted by Gasteiger charge is -2.44. The molecule has 0 aliphatic carbocycles. The van der Waals surface area contributed by atoms with E-state index in [1.54, 1.807) is 25.7 Å². The van der Waals surface area contributed by atoms with Crippen LogP contribution in [0.3, 0.4) is 0 Å². The first kappa shape index (κ1) is 24.4. The number of imidazole rings is 1. The second kappa shape index (κ2) is 8.96. The highest BCUT2D eigenvalue weighted by Crippen LogP contribution is 2.29. The topological polar surface area (TPSA) is 109 Å². The van der Waals surface area contributed by atoms with Crippen molar-refractivity contribution >= 4 is 23.1 Å². The molecule has 0 spiro atoms. The van der Waals surface area contributed by atoms with Gasteiger partial charge in [0.1, 0.15) is 22.6 Å². The average Bonchev–Trinajstić information content (AvgIpc) is 3.03. The number of alkyl halides is 2. The molecule has 2 aromatic rings. The third kappa shape index (κ3) is 4.91. The number of amides is 1. The molecule has 0 aromatic carbocycles. The van der Waals surface area contributed by atoms with Crippen LogP contribution in [0.4, 0.5) is 19.4 Å². The molecule has 2 aromatic heterocycles. The highest BCUT2D eigenvalue weighted by molar-refractivity contribution is 5.85. The summed E-state index contributed by atoms with van der Waals surface area (Å²) in [6.45, 7) is 9.08. The lowest BCUT2D eigenvalue weighted by atomic mass is 10.1. The Hall–Kier alpha value is -3.23. The van der Waals surface area contributed by atoms with Gasteiger partial charge in [-0.05, 0) is 34.6 Å². The molecule has 180 valence electrons. The number of carbonyl (C=O) groups excluding carboxylic acids is 1. The summed E-state index contributed by atoms with van der Waals surface area (Å²) in [6, 6.07) is 1.42. The van der Waals surface area contributed by atoms with Crippen LogP contribution >= 0.6 is 0 Å². The van der Waals surface area contributed by atoms with Crippen molar-refractivity contribution in [3.63, 3.8) is 0 Å². The number of rotatable bonds is 4. The fraction of sp³-hybridized carbons (Fsp3) is 0.667. The highest BCUT2D eigenvalue weighted by atomic mass is 19.3. The fourth-order valence-corrected chi connectivity index (χ4v) is 4.02. The normalized spacial score (nSPS) is 19.3. The molecule has 1 aliphatic heterocycles. The first-order valence-electron chi connectivity index (χ1n) is 10.7. The Labute approximate surface area is 190 Å². The minimum Gasteiger partial charge on any atom is -0.444 e. The summed E-state index contributed by atoms with van der Waals surface area (Å²) in [6.07, 6.45) is -3.31. The van der Waals surface area contributed by atoms with Crippen LogP contribution in [-0.2, 0) is 24.8 Å². The van der Waals surface area contributed by atoms with Crippen LogP contribution in [-0.4, -0.2) is 67.3 Å². The van der Waals surface area contributed by atoms with E-state index in [4.69, 9.17) is 10.00 Å². The number of ether oxygens (including phenoxy) is 1. The third-order valence-electron chi connectivity index (χ3n) is 5.48. The number of fused-ring (bicyclic) bond motifs is 1. The Morgan fingerprint density at radius 2 is 1.91 bits per heavy atom. The molecule has 10 nitrogen and oxygen atoms in total. The van der Waals surface area contributed by atoms with Gasteiger partial charge in [-0.15, -0.1) is 0 Å². The van der Waals surface area contributed by atoms with E-state index in [1.807, 2.05) is 24.8 Å². The Kier molecular flexibility index (Phi) is 6.63. The van der Waals surface area contributed by atoms with Gasteiger partial charge in [0.15, 0.2) is 5.82 Å². The van der Waals surface area contributed by atoms with Gasteiger partial charge in [0.05, 0.1) is 19.0 Å². The van der Waals surface area contributed by atoms with Crippen LogP contribution in [0.25, 0.3) is 11.2 Å². The molecule has 0 bridgehead atoms. The average molecular weight is 466 g/mol. The molecule has 3 heterocycles. The number of hydrogen-bond donors (Lipinski definition) is 0. The Morgan fingerprint density at radius 1 is 1.24 bits per heavy atom. The summed E-state index contributed by atoms with van der Waals surface area (Å²) in [7, 11) is 1.44. The van der Waals surface area contributed by atoms with Crippen molar-refractivity contribution < 1.29 is 18.3 Å². The predicted molar refractivity (Wildman–Crippen MR) is 117 cm³/mol. The van der Waals surface area contributed by atoms with Crippen LogP contribution < -0.4 is 10.6 Å². The van der Waals surface area contributed by atoms with E-state index < -0.39 is 30.4 Å². The molecule has 0 unspecified atom stereocenters. The van der Waals surface area contributed by atoms with E-state index >= 15 is 0 Å². The molecule has 1 saturated heterocycles. The number of nitriles is 1. The lowest BCUT2D eigenvalue weighted by molar-refractivity contribution is 0.0130. The van der Waals surface area contributed by atoms with Gasteiger partial charge in [0, 0.05) is 32.2 Å². The van der Waals surface area contributed by atoms with Crippen LogP contribution in [0.15, 0.2) is 4.79 Å². The van der Waals surface area contributed by atoms with E-state index in [2.05, 4.69) is 9.97 Å². The summed E-state index contributed by atoms with van der Waals surface area (Å²) >= 11 is 0. The number of nitrogens with zero attached hydrogens (tertiary/aromatic N) is 7. The van der Waals surface area contributed by atoms with Crippen molar-refractivity contribution in [2.24, 2.45) is 7.05 Å². The van der Waals surface area contributed by atoms with Crippen LogP contribution in [0.2, 0.25) is 0 Å². The molecule has 0 N–H and O–H groups in total. The summed E-state index contributed by atoms with van der Waals surface area (Å²) in [5.41, 5.74) is -0.797. The summed E-state index contributed by atoms with van der Waals surface area (Å²) in [5.74, 6) is 0.397. The summed E-state index contributed by atoms with van der Waals surface area (Å²) in [4.78, 5) is 37.4. The van der Waals surface area contributed by atoms with Gasteiger partial charge in [0.25, 0.3) is 6.43 Å². The third-order valence-corrected chi connectivity index (χ3v) is 5.48. The monoisotopic (exact) mass is 465 g/mol. The van der Waals surface area contributed by atoms with Gasteiger partial charge >= 0.3 is 11.8 Å². The smallest absolute Gasteiger partial charge is 0.410 e. The second-order valence-electron chi connectivity index (χ2n) is 9.30. The molecule has 3 rings (SSSR count). The SMILES string of the molecule is C[C@@H]1CN(c2nc(=O)n(C)c3c2nc(CC#N)n3CC(F)F)[C@@H](C)CN1C(=O)OC(C)(C)C. The molecular weight excluding hydrogens is 436 g/mol. The largest absolute Gasteiger partial charge is 0.444 e. The van der Waals surface area contributed by atoms with Crippen molar-refractivity contribution in [2.45, 2.75) is 71.7 Å². The minimum absolute atomic E-state index is 0.144. The number of piperazine rings is 1. The molecule has 2 atom stereocenters. The van der Waals surface area contributed by atoms with Gasteiger partial charge in [-0.1, -0.05) is 0 Å². The predicted octanol–water partition coefficient (Wildman–Crippen LogP) is 2.30. The lowest BCUT2D eigenvalue weighted by Crippen LogP contribution is -2.59. The number of anilines is 1. The van der Waals surface area contributed by atoms with E-state index in [-0.39, 0.29) is 41.3 Å². The second-order valence-corrected chi connectivity index (χ2v) is 9.30. The standard InChI is InChI=1S/C21H29F2N7O3/c1-12-10-29(20(32)33-21(3,4)5)13(2)9-28(12)17-16-18(27(6)19(31)26-17)30(11-14(22)23)15(25-16)7-8-24/h12-14H,7,9-11H2,1-6H3/t12-,13+/m0/s1. The molecule has 0 saturated carbocycles. The molecule has 12 heteroatoms. The summed E-state index contributed by atoms with van der Waals surface area (Å²) in [5, 5.41) is 9.15. The summed E-state index contributed by atoms with van der Waals surface area (Å²) < 4.78 is 34.5. The first-order chi connectivity index (χ1) is 15.3. The minimum atomic E-state index is -2.69. The van der Waals surface area contributed by atoms with Gasteiger partial charge in [-0.3, -0.25) is 4.57 Å². The Bertz CT molecular complexity index is 1150. The quantitative estimate of drug-likeness (QED) is 0.681. The number of hydrogen-bond acceptors (Lipinski definition) is 7. The van der Waals surface area contributed by atoms with Crippen LogP contribution in [0.1, 0.15) is 40.4 Å². The highest BCUT2D eigenvalue weighted by Gasteiger charge is 2.36. The van der Waals surface area contributed by atoms with Crippen molar-refractivity contribution in [3.05, 3.63) is 16.3 Å². The first-order valence-corrected chi connectivity index (χ1v) is 10.7. The molecule has 1 amide bonds. The van der Waals surface area contributed by atoms with Gasteiger partial charge in [-0.25, -0.2) is 23.4 Å². The van der Waals surface area contributed by atoms with E-state index in [0.717, 1.165) is 0 Å². The van der Waals surface area contributed by atoms with Gasteiger partial charge in [0.2, 0.25) is 0 Å². The maximum atomic E-state index is 13.3. The number of aryl methyl sites for hydroxylation is 1. The van der Waals surface area contributed by atoms with Crippen LogP contribution in [0, 0.1) is 11.3 Å². The molecule has 1 aliphatic rings. The van der Waals surface area contributed by atoms with Gasteiger partial charge < -0.3 is 19.1 Å². The van der Waals surface area contributed by atoms with Crippen molar-refractivity contribution in [3.8, 4) is 6.07 Å². The van der Waals surface area contributed by atoms with E-state index in [9.17, 15) is 18.4 Å². The van der Waals surface area contributed by atoms with Crippen molar-refractivity contribution in [1.29, 1.82) is 5.26 Å². The Morgan fingerprint density at radius 3 is 2.48 bits per heavy atom. The maximum absolute atomic E-state index is 13.3. The van der Waals surface area contributed by atoms with Crippen molar-refractivity contribution in [2.75, 3.05) is 18.0 Å². The van der Waals surface area contributed by atoms with Gasteiger partial charge in [-0.2, -0.15) is 10.2 Å². The Balaban J connectivity index is 2.06. The number of aromatic nitrogens is 4. The van der Waals surface area contributed by atoms with Crippen molar-refractivity contribution in [1.82, 2.24) is 24.0 Å². The molecule has 0 radical (unpaired) electrons. The number of carbonyl (C=O) groups is 1. The fourth-order valence-electron chi connectivity index (χ4n) is 4.02. The zero-order valence-electron chi connectivity index (χ0n) is 19.7. The maximum Gasteiger partial charge on any atom is 0.410 e. The molecule has 33 heavy (non-hydrogen) atoms. The van der Waals surface area contributed by atoms with E-state index in [0.29, 0.717) is 13.1 Å². The zero-order chi connectivity index (χ0) is 24.7.